The Balaban J connectivity index is 1.88. The van der Waals surface area contributed by atoms with Crippen LogP contribution >= 0.6 is 55.4 Å². The van der Waals surface area contributed by atoms with Gasteiger partial charge in [-0.05, 0) is 48.5 Å². The highest BCUT2D eigenvalue weighted by Crippen LogP contribution is 2.52. The lowest BCUT2D eigenvalue weighted by atomic mass is 10.1. The van der Waals surface area contributed by atoms with Gasteiger partial charge in [0, 0.05) is 29.5 Å². The summed E-state index contributed by atoms with van der Waals surface area (Å²) in [5.74, 6) is 0.363. The molecule has 4 aromatic rings. The van der Waals surface area contributed by atoms with Crippen LogP contribution < -0.4 is 0 Å². The van der Waals surface area contributed by atoms with Crippen LogP contribution in [0.3, 0.4) is 0 Å². The molecule has 0 aromatic heterocycles. The molecule has 4 aromatic carbocycles. The van der Waals surface area contributed by atoms with E-state index >= 15 is 0 Å². The summed E-state index contributed by atoms with van der Waals surface area (Å²) in [5, 5.41) is 23.3. The van der Waals surface area contributed by atoms with E-state index in [1.807, 2.05) is 72.8 Å². The van der Waals surface area contributed by atoms with E-state index in [-0.39, 0.29) is 11.5 Å². The monoisotopic (exact) mass is 532 g/mol. The first-order chi connectivity index (χ1) is 13.5. The Bertz CT molecular complexity index is 1050. The topological polar surface area (TPSA) is 40.5 Å². The van der Waals surface area contributed by atoms with Gasteiger partial charge in [0.05, 0.1) is 9.79 Å². The van der Waals surface area contributed by atoms with Crippen molar-refractivity contribution in [2.45, 2.75) is 19.6 Å². The molecule has 0 saturated heterocycles. The second-order valence-corrected chi connectivity index (χ2v) is 10.0. The van der Waals surface area contributed by atoms with Gasteiger partial charge in [0.25, 0.3) is 0 Å². The van der Waals surface area contributed by atoms with E-state index in [0.29, 0.717) is 20.6 Å². The van der Waals surface area contributed by atoms with Crippen LogP contribution in [-0.4, -0.2) is 10.2 Å². The normalized spacial score (nSPS) is 11.1. The number of phenolic OH excluding ortho intramolecular Hbond substituents is 2. The molecule has 28 heavy (non-hydrogen) atoms. The average molecular weight is 534 g/mol. The maximum atomic E-state index is 11.0. The largest absolute Gasteiger partial charge is 0.506 e. The van der Waals surface area contributed by atoms with E-state index in [1.165, 1.54) is 23.5 Å². The van der Waals surface area contributed by atoms with E-state index in [4.69, 9.17) is 0 Å². The number of phenols is 2. The van der Waals surface area contributed by atoms with Crippen LogP contribution in [0.2, 0.25) is 0 Å². The molecule has 0 bridgehead atoms. The Hall–Kier alpha value is -1.60. The Labute approximate surface area is 188 Å². The van der Waals surface area contributed by atoms with Gasteiger partial charge < -0.3 is 10.2 Å². The third kappa shape index (κ3) is 4.06. The first-order valence-electron chi connectivity index (χ1n) is 8.36. The molecule has 0 radical (unpaired) electrons. The second-order valence-electron chi connectivity index (χ2n) is 6.01. The number of rotatable bonds is 4. The van der Waals surface area contributed by atoms with E-state index < -0.39 is 0 Å². The molecule has 0 atom stereocenters. The smallest absolute Gasteiger partial charge is 0.138 e. The van der Waals surface area contributed by atoms with Crippen LogP contribution in [-0.2, 0) is 0 Å². The summed E-state index contributed by atoms with van der Waals surface area (Å²) in [7, 11) is 0. The molecule has 0 fully saturated rings. The van der Waals surface area contributed by atoms with Crippen LogP contribution in [0.25, 0.3) is 10.8 Å². The lowest BCUT2D eigenvalue weighted by Crippen LogP contribution is -1.87. The van der Waals surface area contributed by atoms with E-state index in [9.17, 15) is 10.2 Å². The summed E-state index contributed by atoms with van der Waals surface area (Å²) in [6, 6.07) is 23.1. The summed E-state index contributed by atoms with van der Waals surface area (Å²) < 4.78 is 1.98. The molecule has 0 spiro atoms. The minimum Gasteiger partial charge on any atom is -0.506 e. The molecule has 0 heterocycles. The lowest BCUT2D eigenvalue weighted by molar-refractivity contribution is 0.445. The zero-order chi connectivity index (χ0) is 19.7. The summed E-state index contributed by atoms with van der Waals surface area (Å²) in [4.78, 5) is 3.24. The molecule has 2 N–H and O–H groups in total. The maximum Gasteiger partial charge on any atom is 0.138 e. The van der Waals surface area contributed by atoms with Gasteiger partial charge in [-0.1, -0.05) is 79.6 Å². The Morgan fingerprint density at radius 3 is 1.25 bits per heavy atom. The molecular formula is C22H14Br2O2S2. The number of halogens is 2. The quantitative estimate of drug-likeness (QED) is 0.260. The van der Waals surface area contributed by atoms with Crippen molar-refractivity contribution in [2.24, 2.45) is 0 Å². The second kappa shape index (κ2) is 8.41. The van der Waals surface area contributed by atoms with Crippen LogP contribution in [0.5, 0.6) is 11.5 Å². The van der Waals surface area contributed by atoms with Crippen LogP contribution in [0, 0.1) is 0 Å². The molecule has 140 valence electrons. The first kappa shape index (κ1) is 19.7. The van der Waals surface area contributed by atoms with Gasteiger partial charge >= 0.3 is 0 Å². The summed E-state index contributed by atoms with van der Waals surface area (Å²) in [6.45, 7) is 0. The summed E-state index contributed by atoms with van der Waals surface area (Å²) in [6.07, 6.45) is 0. The number of benzene rings is 4. The minimum atomic E-state index is 0.181. The van der Waals surface area contributed by atoms with Crippen molar-refractivity contribution >= 4 is 66.2 Å². The van der Waals surface area contributed by atoms with Gasteiger partial charge in [-0.25, -0.2) is 0 Å². The number of fused-ring (bicyclic) bond motifs is 1. The van der Waals surface area contributed by atoms with Crippen molar-refractivity contribution in [3.05, 3.63) is 81.7 Å². The van der Waals surface area contributed by atoms with Crippen molar-refractivity contribution in [1.82, 2.24) is 0 Å². The van der Waals surface area contributed by atoms with Crippen molar-refractivity contribution in [3.8, 4) is 11.5 Å². The number of hydrogen-bond donors (Lipinski definition) is 2. The highest BCUT2D eigenvalue weighted by atomic mass is 79.9. The fourth-order valence-electron chi connectivity index (χ4n) is 2.79. The average Bonchev–Trinajstić information content (AvgIpc) is 2.71. The molecule has 0 amide bonds. The Morgan fingerprint density at radius 2 is 0.893 bits per heavy atom. The zero-order valence-corrected chi connectivity index (χ0v) is 19.2. The summed E-state index contributed by atoms with van der Waals surface area (Å²) in [5.41, 5.74) is 0. The highest BCUT2D eigenvalue weighted by molar-refractivity contribution is 9.10. The standard InChI is InChI=1S/C22H14Br2O2S2/c23-13-5-9-15(10-6-13)27-21-19(25)17-3-1-2-4-18(17)20(26)22(21)28-16-11-7-14(24)8-12-16/h1-12,25-26H. The van der Waals surface area contributed by atoms with Crippen LogP contribution in [0.4, 0.5) is 0 Å². The Morgan fingerprint density at radius 1 is 0.536 bits per heavy atom. The molecule has 6 heteroatoms. The molecule has 0 aliphatic rings. The molecular weight excluding hydrogens is 520 g/mol. The van der Waals surface area contributed by atoms with Crippen molar-refractivity contribution < 1.29 is 10.2 Å². The number of aromatic hydroxyl groups is 2. The molecule has 4 rings (SSSR count). The predicted molar refractivity (Wildman–Crippen MR) is 124 cm³/mol. The van der Waals surface area contributed by atoms with Crippen molar-refractivity contribution in [3.63, 3.8) is 0 Å². The molecule has 0 saturated carbocycles. The molecule has 0 unspecified atom stereocenters. The van der Waals surface area contributed by atoms with Crippen LogP contribution in [0.1, 0.15) is 0 Å². The number of hydrogen-bond acceptors (Lipinski definition) is 4. The van der Waals surface area contributed by atoms with Crippen molar-refractivity contribution in [1.29, 1.82) is 0 Å². The molecule has 2 nitrogen and oxygen atoms in total. The Kier molecular flexibility index (Phi) is 5.92. The minimum absolute atomic E-state index is 0.181. The fourth-order valence-corrected chi connectivity index (χ4v) is 5.37. The van der Waals surface area contributed by atoms with Gasteiger partial charge in [-0.15, -0.1) is 0 Å². The SMILES string of the molecule is Oc1c(Sc2ccc(Br)cc2)c(Sc2ccc(Br)cc2)c(O)c2ccccc12. The zero-order valence-electron chi connectivity index (χ0n) is 14.4. The van der Waals surface area contributed by atoms with Gasteiger partial charge in [0.15, 0.2) is 0 Å². The van der Waals surface area contributed by atoms with E-state index in [2.05, 4.69) is 31.9 Å². The molecule has 0 aliphatic heterocycles. The van der Waals surface area contributed by atoms with Gasteiger partial charge in [0.1, 0.15) is 11.5 Å². The van der Waals surface area contributed by atoms with Crippen LogP contribution in [0.15, 0.2) is 101 Å². The van der Waals surface area contributed by atoms with Gasteiger partial charge in [-0.2, -0.15) is 0 Å². The van der Waals surface area contributed by atoms with E-state index in [0.717, 1.165) is 18.7 Å². The van der Waals surface area contributed by atoms with Gasteiger partial charge in [-0.3, -0.25) is 0 Å². The third-order valence-electron chi connectivity index (χ3n) is 4.14. The van der Waals surface area contributed by atoms with E-state index in [1.54, 1.807) is 0 Å². The molecule has 0 aliphatic carbocycles. The first-order valence-corrected chi connectivity index (χ1v) is 11.6. The predicted octanol–water partition coefficient (Wildman–Crippen LogP) is 8.08. The lowest BCUT2D eigenvalue weighted by Gasteiger charge is -2.16. The fraction of sp³-hybridized carbons (Fsp3) is 0. The third-order valence-corrected chi connectivity index (χ3v) is 7.55. The van der Waals surface area contributed by atoms with Gasteiger partial charge in [0.2, 0.25) is 0 Å². The maximum absolute atomic E-state index is 11.0. The highest BCUT2D eigenvalue weighted by Gasteiger charge is 2.21. The van der Waals surface area contributed by atoms with Crippen molar-refractivity contribution in [2.75, 3.05) is 0 Å². The summed E-state index contributed by atoms with van der Waals surface area (Å²) >= 11 is 9.77.